The predicted molar refractivity (Wildman–Crippen MR) is 56.0 cm³/mol. The molecule has 0 saturated carbocycles. The molecule has 0 spiro atoms. The zero-order chi connectivity index (χ0) is 12.7. The van der Waals surface area contributed by atoms with E-state index in [2.05, 4.69) is 0 Å². The molecule has 0 radical (unpaired) electrons. The summed E-state index contributed by atoms with van der Waals surface area (Å²) in [6, 6.07) is -0.973. The van der Waals surface area contributed by atoms with Gasteiger partial charge in [0.05, 0.1) is 0 Å². The van der Waals surface area contributed by atoms with Gasteiger partial charge in [-0.1, -0.05) is 0 Å². The van der Waals surface area contributed by atoms with E-state index in [9.17, 15) is 9.59 Å². The van der Waals surface area contributed by atoms with Crippen LogP contribution in [0.3, 0.4) is 0 Å². The number of carboxylic acid groups (broad SMARTS) is 2. The summed E-state index contributed by atoms with van der Waals surface area (Å²) in [4.78, 5) is 21.9. The highest BCUT2D eigenvalue weighted by molar-refractivity contribution is 5.80. The van der Waals surface area contributed by atoms with Crippen molar-refractivity contribution in [2.75, 3.05) is 13.1 Å². The summed E-state index contributed by atoms with van der Waals surface area (Å²) in [5.74, 6) is -2.56. The number of carbonyl (C=O) groups is 2. The van der Waals surface area contributed by atoms with Crippen LogP contribution in [0.25, 0.3) is 0 Å². The molecule has 7 N–H and O–H groups in total. The molecule has 1 atom stereocenters. The standard InChI is InChI=1S/C8H16N4O4/c9-5(7(15)16)2-1-3-12(8(10)11)4-6(13)14/h5H,1-4,9H2,(H3,10,11)(H,13,14)(H,15,16)/t5-/m0/s1. The lowest BCUT2D eigenvalue weighted by molar-refractivity contribution is -0.139. The Labute approximate surface area is 92.3 Å². The first-order valence-corrected chi connectivity index (χ1v) is 4.63. The lowest BCUT2D eigenvalue weighted by Crippen LogP contribution is -2.41. The van der Waals surface area contributed by atoms with Crippen molar-refractivity contribution in [1.82, 2.24) is 4.90 Å². The number of rotatable bonds is 7. The topological polar surface area (TPSA) is 154 Å². The van der Waals surface area contributed by atoms with Crippen LogP contribution in [0.1, 0.15) is 12.8 Å². The molecule has 0 aliphatic heterocycles. The highest BCUT2D eigenvalue weighted by atomic mass is 16.4. The Kier molecular flexibility index (Phi) is 5.86. The van der Waals surface area contributed by atoms with Crippen molar-refractivity contribution in [1.29, 1.82) is 5.41 Å². The summed E-state index contributed by atoms with van der Waals surface area (Å²) >= 11 is 0. The van der Waals surface area contributed by atoms with E-state index in [-0.39, 0.29) is 25.5 Å². The first-order chi connectivity index (χ1) is 7.34. The van der Waals surface area contributed by atoms with Gasteiger partial charge >= 0.3 is 11.9 Å². The Bertz CT molecular complexity index is 281. The fraction of sp³-hybridized carbons (Fsp3) is 0.625. The van der Waals surface area contributed by atoms with Crippen LogP contribution < -0.4 is 11.5 Å². The molecule has 0 amide bonds. The third-order valence-electron chi connectivity index (χ3n) is 1.93. The van der Waals surface area contributed by atoms with Crippen molar-refractivity contribution in [3.63, 3.8) is 0 Å². The van der Waals surface area contributed by atoms with Gasteiger partial charge in [-0.15, -0.1) is 0 Å². The van der Waals surface area contributed by atoms with Crippen molar-refractivity contribution in [2.24, 2.45) is 11.5 Å². The van der Waals surface area contributed by atoms with Gasteiger partial charge in [0.2, 0.25) is 0 Å². The van der Waals surface area contributed by atoms with Crippen LogP contribution in [0.15, 0.2) is 0 Å². The molecule has 0 bridgehead atoms. The van der Waals surface area contributed by atoms with Gasteiger partial charge in [-0.25, -0.2) is 0 Å². The van der Waals surface area contributed by atoms with Crippen molar-refractivity contribution in [3.8, 4) is 0 Å². The maximum atomic E-state index is 10.4. The molecule has 8 heteroatoms. The second-order valence-corrected chi connectivity index (χ2v) is 3.29. The molecule has 0 rings (SSSR count). The van der Waals surface area contributed by atoms with Gasteiger partial charge in [0.1, 0.15) is 12.6 Å². The first kappa shape index (κ1) is 14.2. The Balaban J connectivity index is 3.99. The smallest absolute Gasteiger partial charge is 0.323 e. The number of carboxylic acids is 2. The quantitative estimate of drug-likeness (QED) is 0.263. The molecule has 0 unspecified atom stereocenters. The Morgan fingerprint density at radius 3 is 2.31 bits per heavy atom. The molecule has 16 heavy (non-hydrogen) atoms. The minimum Gasteiger partial charge on any atom is -0.480 e. The minimum atomic E-state index is -1.10. The van der Waals surface area contributed by atoms with Crippen molar-refractivity contribution < 1.29 is 19.8 Å². The summed E-state index contributed by atoms with van der Waals surface area (Å²) in [5.41, 5.74) is 10.4. The van der Waals surface area contributed by atoms with Crippen LogP contribution in [-0.2, 0) is 9.59 Å². The lowest BCUT2D eigenvalue weighted by atomic mass is 10.1. The second-order valence-electron chi connectivity index (χ2n) is 3.29. The van der Waals surface area contributed by atoms with Gasteiger partial charge in [-0.2, -0.15) is 0 Å². The molecule has 0 aromatic rings. The van der Waals surface area contributed by atoms with Gasteiger partial charge in [0.15, 0.2) is 5.96 Å². The molecule has 0 aliphatic carbocycles. The average Bonchev–Trinajstić information content (AvgIpc) is 2.14. The highest BCUT2D eigenvalue weighted by Crippen LogP contribution is 1.98. The number of nitrogens with two attached hydrogens (primary N) is 2. The van der Waals surface area contributed by atoms with Gasteiger partial charge < -0.3 is 26.6 Å². The third kappa shape index (κ3) is 5.81. The maximum absolute atomic E-state index is 10.4. The van der Waals surface area contributed by atoms with Gasteiger partial charge in [0, 0.05) is 6.54 Å². The van der Waals surface area contributed by atoms with E-state index in [4.69, 9.17) is 27.1 Å². The van der Waals surface area contributed by atoms with Crippen LogP contribution in [0.4, 0.5) is 0 Å². The second kappa shape index (κ2) is 6.62. The van der Waals surface area contributed by atoms with Gasteiger partial charge in [0.25, 0.3) is 0 Å². The van der Waals surface area contributed by atoms with Crippen LogP contribution >= 0.6 is 0 Å². The van der Waals surface area contributed by atoms with Crippen LogP contribution in [0, 0.1) is 5.41 Å². The monoisotopic (exact) mass is 232 g/mol. The highest BCUT2D eigenvalue weighted by Gasteiger charge is 2.14. The number of hydrogen-bond donors (Lipinski definition) is 5. The van der Waals surface area contributed by atoms with Crippen LogP contribution in [0.5, 0.6) is 0 Å². The number of nitrogens with one attached hydrogen (secondary N) is 1. The summed E-state index contributed by atoms with van der Waals surface area (Å²) in [5, 5.41) is 24.1. The van der Waals surface area contributed by atoms with Crippen molar-refractivity contribution in [3.05, 3.63) is 0 Å². The normalized spacial score (nSPS) is 11.8. The zero-order valence-corrected chi connectivity index (χ0v) is 8.72. The molecule has 0 aliphatic rings. The third-order valence-corrected chi connectivity index (χ3v) is 1.93. The number of nitrogens with zero attached hydrogens (tertiary/aromatic N) is 1. The molecule has 8 nitrogen and oxygen atoms in total. The molecule has 0 saturated heterocycles. The summed E-state index contributed by atoms with van der Waals surface area (Å²) < 4.78 is 0. The Hall–Kier alpha value is -1.83. The SMILES string of the molecule is N=C(N)N(CCC[C@H](N)C(=O)O)CC(=O)O. The maximum Gasteiger partial charge on any atom is 0.323 e. The molecule has 0 fully saturated rings. The number of guanidine groups is 1. The fourth-order valence-electron chi connectivity index (χ4n) is 1.07. The molecular weight excluding hydrogens is 216 g/mol. The lowest BCUT2D eigenvalue weighted by Gasteiger charge is -2.20. The summed E-state index contributed by atoms with van der Waals surface area (Å²) in [6.45, 7) is -0.180. The molecule has 0 aromatic heterocycles. The predicted octanol–water partition coefficient (Wildman–Crippen LogP) is -1.54. The summed E-state index contributed by atoms with van der Waals surface area (Å²) in [6.07, 6.45) is 0.569. The van der Waals surface area contributed by atoms with Crippen LogP contribution in [-0.4, -0.2) is 52.1 Å². The molecule has 0 heterocycles. The van der Waals surface area contributed by atoms with Gasteiger partial charge in [-0.05, 0) is 12.8 Å². The average molecular weight is 232 g/mol. The number of aliphatic carboxylic acids is 2. The largest absolute Gasteiger partial charge is 0.480 e. The van der Waals surface area contributed by atoms with E-state index in [0.29, 0.717) is 6.42 Å². The Morgan fingerprint density at radius 1 is 1.38 bits per heavy atom. The van der Waals surface area contributed by atoms with E-state index >= 15 is 0 Å². The van der Waals surface area contributed by atoms with E-state index in [1.54, 1.807) is 0 Å². The Morgan fingerprint density at radius 2 is 1.94 bits per heavy atom. The molecule has 0 aromatic carbocycles. The van der Waals surface area contributed by atoms with E-state index < -0.39 is 18.0 Å². The van der Waals surface area contributed by atoms with Gasteiger partial charge in [-0.3, -0.25) is 15.0 Å². The molecule has 92 valence electrons. The van der Waals surface area contributed by atoms with E-state index in [1.165, 1.54) is 0 Å². The fourth-order valence-corrected chi connectivity index (χ4v) is 1.07. The number of hydrogen-bond acceptors (Lipinski definition) is 4. The van der Waals surface area contributed by atoms with E-state index in [1.807, 2.05) is 0 Å². The molecular formula is C8H16N4O4. The van der Waals surface area contributed by atoms with Crippen LogP contribution in [0.2, 0.25) is 0 Å². The first-order valence-electron chi connectivity index (χ1n) is 4.63. The summed E-state index contributed by atoms with van der Waals surface area (Å²) in [7, 11) is 0. The van der Waals surface area contributed by atoms with Crippen molar-refractivity contribution >= 4 is 17.9 Å². The minimum absolute atomic E-state index is 0.197. The van der Waals surface area contributed by atoms with Crippen molar-refractivity contribution in [2.45, 2.75) is 18.9 Å². The van der Waals surface area contributed by atoms with E-state index in [0.717, 1.165) is 4.90 Å². The zero-order valence-electron chi connectivity index (χ0n) is 8.72.